The molecule has 0 bridgehead atoms. The fourth-order valence-electron chi connectivity index (χ4n) is 2.02. The molecule has 1 aromatic rings. The lowest BCUT2D eigenvalue weighted by Crippen LogP contribution is -2.41. The van der Waals surface area contributed by atoms with Crippen molar-refractivity contribution in [3.8, 4) is 0 Å². The van der Waals surface area contributed by atoms with Crippen LogP contribution in [-0.2, 0) is 10.0 Å². The van der Waals surface area contributed by atoms with Gasteiger partial charge in [-0.05, 0) is 47.3 Å². The van der Waals surface area contributed by atoms with E-state index in [4.69, 9.17) is 17.3 Å². The summed E-state index contributed by atoms with van der Waals surface area (Å²) in [6, 6.07) is 1.50. The molecule has 8 heteroatoms. The molecule has 1 aromatic heterocycles. The molecule has 0 aliphatic carbocycles. The van der Waals surface area contributed by atoms with Gasteiger partial charge in [0.2, 0.25) is 0 Å². The molecule has 1 fully saturated rings. The summed E-state index contributed by atoms with van der Waals surface area (Å²) in [4.78, 5) is 0. The van der Waals surface area contributed by atoms with E-state index in [0.29, 0.717) is 28.4 Å². The molecule has 0 radical (unpaired) electrons. The lowest BCUT2D eigenvalue weighted by molar-refractivity contribution is 0.272. The minimum atomic E-state index is -3.42. The highest BCUT2D eigenvalue weighted by molar-refractivity contribution is 9.11. The van der Waals surface area contributed by atoms with Crippen molar-refractivity contribution in [3.05, 3.63) is 14.9 Å². The zero-order valence-corrected chi connectivity index (χ0v) is 13.6. The standard InChI is InChI=1S/C10H14BrClN2O2S2/c11-10-8(12)4-9(17-10)18(15,16)14-3-1-2-7(5-13)6-14/h4,7H,1-3,5-6,13H2. The third-order valence-electron chi connectivity index (χ3n) is 3.03. The predicted octanol–water partition coefficient (Wildman–Crippen LogP) is 2.52. The van der Waals surface area contributed by atoms with Gasteiger partial charge < -0.3 is 5.73 Å². The molecule has 2 heterocycles. The van der Waals surface area contributed by atoms with Crippen LogP contribution in [0.3, 0.4) is 0 Å². The number of hydrogen-bond donors (Lipinski definition) is 1. The minimum absolute atomic E-state index is 0.257. The summed E-state index contributed by atoms with van der Waals surface area (Å²) in [5.74, 6) is 0.257. The van der Waals surface area contributed by atoms with Crippen LogP contribution >= 0.6 is 38.9 Å². The van der Waals surface area contributed by atoms with E-state index in [-0.39, 0.29) is 10.1 Å². The summed E-state index contributed by atoms with van der Waals surface area (Å²) in [5.41, 5.74) is 5.63. The molecular weight excluding hydrogens is 360 g/mol. The van der Waals surface area contributed by atoms with Crippen LogP contribution in [0.2, 0.25) is 5.02 Å². The average molecular weight is 374 g/mol. The van der Waals surface area contributed by atoms with E-state index < -0.39 is 10.0 Å². The molecule has 1 aliphatic heterocycles. The molecule has 1 atom stereocenters. The minimum Gasteiger partial charge on any atom is -0.330 e. The monoisotopic (exact) mass is 372 g/mol. The number of rotatable bonds is 3. The Balaban J connectivity index is 2.25. The fourth-order valence-corrected chi connectivity index (χ4v) is 6.13. The van der Waals surface area contributed by atoms with E-state index in [9.17, 15) is 8.42 Å². The van der Waals surface area contributed by atoms with E-state index in [2.05, 4.69) is 15.9 Å². The number of nitrogens with zero attached hydrogens (tertiary/aromatic N) is 1. The molecule has 1 unspecified atom stereocenters. The third kappa shape index (κ3) is 2.91. The molecule has 4 nitrogen and oxygen atoms in total. The largest absolute Gasteiger partial charge is 0.330 e. The Morgan fingerprint density at radius 1 is 1.61 bits per heavy atom. The van der Waals surface area contributed by atoms with Crippen molar-refractivity contribution >= 4 is 48.9 Å². The second kappa shape index (κ2) is 5.76. The molecule has 0 aromatic carbocycles. The Kier molecular flexibility index (Phi) is 4.72. The highest BCUT2D eigenvalue weighted by atomic mass is 79.9. The van der Waals surface area contributed by atoms with E-state index in [1.54, 1.807) is 0 Å². The summed E-state index contributed by atoms with van der Waals surface area (Å²) in [6.45, 7) is 1.60. The fraction of sp³-hybridized carbons (Fsp3) is 0.600. The summed E-state index contributed by atoms with van der Waals surface area (Å²) >= 11 is 10.3. The van der Waals surface area contributed by atoms with Crippen LogP contribution in [-0.4, -0.2) is 32.4 Å². The van der Waals surface area contributed by atoms with Gasteiger partial charge in [-0.3, -0.25) is 0 Å². The number of halogens is 2. The van der Waals surface area contributed by atoms with Crippen molar-refractivity contribution in [1.29, 1.82) is 0 Å². The Hall–Kier alpha value is 0.340. The molecule has 0 saturated carbocycles. The van der Waals surface area contributed by atoms with Gasteiger partial charge in [0.1, 0.15) is 4.21 Å². The highest BCUT2D eigenvalue weighted by Crippen LogP contribution is 2.36. The molecule has 102 valence electrons. The molecule has 0 amide bonds. The number of hydrogen-bond acceptors (Lipinski definition) is 4. The van der Waals surface area contributed by atoms with Crippen LogP contribution in [0.25, 0.3) is 0 Å². The first-order chi connectivity index (χ1) is 8.45. The van der Waals surface area contributed by atoms with Gasteiger partial charge in [-0.2, -0.15) is 4.31 Å². The maximum atomic E-state index is 12.4. The molecule has 0 spiro atoms. The lowest BCUT2D eigenvalue weighted by Gasteiger charge is -2.30. The second-order valence-corrected chi connectivity index (χ2v) is 9.24. The van der Waals surface area contributed by atoms with Gasteiger partial charge in [-0.25, -0.2) is 8.42 Å². The van der Waals surface area contributed by atoms with Crippen molar-refractivity contribution in [3.63, 3.8) is 0 Å². The van der Waals surface area contributed by atoms with E-state index in [0.717, 1.165) is 24.2 Å². The van der Waals surface area contributed by atoms with Crippen molar-refractivity contribution < 1.29 is 8.42 Å². The van der Waals surface area contributed by atoms with Gasteiger partial charge in [0, 0.05) is 13.1 Å². The SMILES string of the molecule is NCC1CCCN(S(=O)(=O)c2cc(Cl)c(Br)s2)C1. The molecular formula is C10H14BrClN2O2S2. The van der Waals surface area contributed by atoms with Crippen molar-refractivity contribution in [2.45, 2.75) is 17.1 Å². The summed E-state index contributed by atoms with van der Waals surface area (Å²) in [6.07, 6.45) is 1.86. The smallest absolute Gasteiger partial charge is 0.252 e. The number of nitrogens with two attached hydrogens (primary N) is 1. The summed E-state index contributed by atoms with van der Waals surface area (Å²) < 4.78 is 27.3. The highest BCUT2D eigenvalue weighted by Gasteiger charge is 2.31. The molecule has 18 heavy (non-hydrogen) atoms. The normalized spacial score (nSPS) is 22.3. The first-order valence-electron chi connectivity index (χ1n) is 5.60. The van der Waals surface area contributed by atoms with Crippen molar-refractivity contribution in [2.24, 2.45) is 11.7 Å². The van der Waals surface area contributed by atoms with Crippen LogP contribution in [0.4, 0.5) is 0 Å². The summed E-state index contributed by atoms with van der Waals surface area (Å²) in [5, 5.41) is 0.436. The maximum absolute atomic E-state index is 12.4. The second-order valence-electron chi connectivity index (χ2n) is 4.29. The third-order valence-corrected chi connectivity index (χ3v) is 7.82. The maximum Gasteiger partial charge on any atom is 0.252 e. The van der Waals surface area contributed by atoms with Crippen LogP contribution in [0.1, 0.15) is 12.8 Å². The number of thiophene rings is 1. The molecule has 1 saturated heterocycles. The van der Waals surface area contributed by atoms with Gasteiger partial charge in [0.15, 0.2) is 0 Å². The number of sulfonamides is 1. The van der Waals surface area contributed by atoms with Crippen molar-refractivity contribution in [1.82, 2.24) is 4.31 Å². The van der Waals surface area contributed by atoms with Crippen LogP contribution in [0.15, 0.2) is 14.1 Å². The molecule has 2 N–H and O–H groups in total. The van der Waals surface area contributed by atoms with Gasteiger partial charge >= 0.3 is 0 Å². The van der Waals surface area contributed by atoms with Crippen LogP contribution < -0.4 is 5.73 Å². The lowest BCUT2D eigenvalue weighted by atomic mass is 10.0. The Bertz CT molecular complexity index is 512. The van der Waals surface area contributed by atoms with Gasteiger partial charge in [-0.15, -0.1) is 11.3 Å². The summed E-state index contributed by atoms with van der Waals surface area (Å²) in [7, 11) is -3.42. The van der Waals surface area contributed by atoms with Gasteiger partial charge in [-0.1, -0.05) is 11.6 Å². The van der Waals surface area contributed by atoms with Crippen LogP contribution in [0.5, 0.6) is 0 Å². The zero-order chi connectivity index (χ0) is 13.3. The van der Waals surface area contributed by atoms with E-state index >= 15 is 0 Å². The van der Waals surface area contributed by atoms with Crippen molar-refractivity contribution in [2.75, 3.05) is 19.6 Å². The van der Waals surface area contributed by atoms with E-state index in [1.165, 1.54) is 10.4 Å². The van der Waals surface area contributed by atoms with E-state index in [1.807, 2.05) is 0 Å². The topological polar surface area (TPSA) is 63.4 Å². The molecule has 1 aliphatic rings. The average Bonchev–Trinajstić information content (AvgIpc) is 2.70. The Morgan fingerprint density at radius 3 is 2.89 bits per heavy atom. The first-order valence-corrected chi connectivity index (χ1v) is 9.03. The zero-order valence-electron chi connectivity index (χ0n) is 9.60. The molecule has 2 rings (SSSR count). The Morgan fingerprint density at radius 2 is 2.33 bits per heavy atom. The Labute approximate surface area is 124 Å². The van der Waals surface area contributed by atoms with Gasteiger partial charge in [0.25, 0.3) is 10.0 Å². The quantitative estimate of drug-likeness (QED) is 0.885. The first kappa shape index (κ1) is 14.7. The van der Waals surface area contributed by atoms with Crippen LogP contribution in [0, 0.1) is 5.92 Å². The number of piperidine rings is 1. The van der Waals surface area contributed by atoms with Gasteiger partial charge in [0.05, 0.1) is 8.81 Å². The predicted molar refractivity (Wildman–Crippen MR) is 77.6 cm³/mol.